The van der Waals surface area contributed by atoms with Crippen LogP contribution < -0.4 is 4.74 Å². The van der Waals surface area contributed by atoms with Gasteiger partial charge >= 0.3 is 0 Å². The molecule has 0 bridgehead atoms. The van der Waals surface area contributed by atoms with Crippen molar-refractivity contribution in [2.45, 2.75) is 25.5 Å². The van der Waals surface area contributed by atoms with E-state index in [2.05, 4.69) is 11.1 Å². The summed E-state index contributed by atoms with van der Waals surface area (Å²) in [5.74, 6) is 0.565. The van der Waals surface area contributed by atoms with Crippen LogP contribution in [0.3, 0.4) is 0 Å². The van der Waals surface area contributed by atoms with E-state index in [1.54, 1.807) is 4.90 Å². The van der Waals surface area contributed by atoms with Crippen molar-refractivity contribution in [3.8, 4) is 5.75 Å². The van der Waals surface area contributed by atoms with E-state index in [1.165, 1.54) is 0 Å². The Labute approximate surface area is 158 Å². The predicted molar refractivity (Wildman–Crippen MR) is 105 cm³/mol. The maximum Gasteiger partial charge on any atom is 0.257 e. The highest BCUT2D eigenvalue weighted by Crippen LogP contribution is 2.24. The lowest BCUT2D eigenvalue weighted by Crippen LogP contribution is -2.27. The fourth-order valence-corrected chi connectivity index (χ4v) is 3.55. The van der Waals surface area contributed by atoms with Gasteiger partial charge in [0.25, 0.3) is 5.91 Å². The van der Waals surface area contributed by atoms with E-state index in [4.69, 9.17) is 9.47 Å². The topological polar surface area (TPSA) is 54.6 Å². The smallest absolute Gasteiger partial charge is 0.257 e. The number of hydrogen-bond acceptors (Lipinski definition) is 3. The number of nitrogens with zero attached hydrogens (tertiary/aromatic N) is 1. The van der Waals surface area contributed by atoms with Crippen LogP contribution in [0.4, 0.5) is 0 Å². The third-order valence-electron chi connectivity index (χ3n) is 5.01. The van der Waals surface area contributed by atoms with Crippen LogP contribution in [0.5, 0.6) is 5.75 Å². The summed E-state index contributed by atoms with van der Waals surface area (Å²) in [5.41, 5.74) is 2.77. The van der Waals surface area contributed by atoms with Crippen LogP contribution in [0.1, 0.15) is 28.8 Å². The Balaban J connectivity index is 1.49. The molecule has 1 amide bonds. The number of nitrogens with one attached hydrogen (secondary N) is 1. The molecule has 2 heterocycles. The van der Waals surface area contributed by atoms with Gasteiger partial charge in [0, 0.05) is 37.3 Å². The van der Waals surface area contributed by atoms with Crippen LogP contribution in [-0.4, -0.2) is 42.2 Å². The molecule has 1 N–H and O–H groups in total. The van der Waals surface area contributed by atoms with Crippen LogP contribution in [0.15, 0.2) is 54.7 Å². The van der Waals surface area contributed by atoms with Crippen molar-refractivity contribution in [3.05, 3.63) is 65.9 Å². The average Bonchev–Trinajstić information content (AvgIpc) is 3.38. The van der Waals surface area contributed by atoms with Crippen LogP contribution >= 0.6 is 0 Å². The third-order valence-corrected chi connectivity index (χ3v) is 5.01. The Morgan fingerprint density at radius 1 is 1.22 bits per heavy atom. The van der Waals surface area contributed by atoms with E-state index in [-0.39, 0.29) is 12.0 Å². The van der Waals surface area contributed by atoms with E-state index < -0.39 is 0 Å². The molecular weight excluding hydrogens is 340 g/mol. The third kappa shape index (κ3) is 3.83. The number of aromatic amines is 1. The molecule has 27 heavy (non-hydrogen) atoms. The van der Waals surface area contributed by atoms with Crippen molar-refractivity contribution in [1.82, 2.24) is 9.88 Å². The molecule has 0 spiro atoms. The lowest BCUT2D eigenvalue weighted by molar-refractivity contribution is 0.0656. The first-order valence-electron chi connectivity index (χ1n) is 9.36. The lowest BCUT2D eigenvalue weighted by Gasteiger charge is -2.20. The monoisotopic (exact) mass is 364 g/mol. The Kier molecular flexibility index (Phi) is 5.12. The van der Waals surface area contributed by atoms with Crippen molar-refractivity contribution in [3.63, 3.8) is 0 Å². The Bertz CT molecular complexity index is 928. The molecule has 140 valence electrons. The van der Waals surface area contributed by atoms with Gasteiger partial charge in [0.15, 0.2) is 0 Å². The first-order valence-corrected chi connectivity index (χ1v) is 9.36. The van der Waals surface area contributed by atoms with E-state index in [9.17, 15) is 4.79 Å². The molecule has 1 aromatic heterocycles. The highest BCUT2D eigenvalue weighted by atomic mass is 16.5. The van der Waals surface area contributed by atoms with E-state index in [0.717, 1.165) is 35.9 Å². The van der Waals surface area contributed by atoms with Crippen molar-refractivity contribution < 1.29 is 14.3 Å². The average molecular weight is 364 g/mol. The van der Waals surface area contributed by atoms with E-state index in [0.29, 0.717) is 24.5 Å². The second-order valence-corrected chi connectivity index (χ2v) is 6.96. The fraction of sp³-hybridized carbons (Fsp3) is 0.318. The van der Waals surface area contributed by atoms with Crippen molar-refractivity contribution in [1.29, 1.82) is 0 Å². The molecule has 0 radical (unpaired) electrons. The molecule has 1 fully saturated rings. The Morgan fingerprint density at radius 3 is 2.96 bits per heavy atom. The number of para-hydroxylation sites is 1. The standard InChI is InChI=1S/C22H24N2O3/c1-24(14-16-6-4-9-20-18(16)11-12-23-20)22(25)19-8-2-3-10-21(19)27-15-17-7-5-13-26-17/h2-4,6,8-12,17,23H,5,7,13-15H2,1H3/t17-/m1/s1. The molecule has 1 atom stereocenters. The largest absolute Gasteiger partial charge is 0.490 e. The molecule has 0 aliphatic carbocycles. The van der Waals surface area contributed by atoms with Gasteiger partial charge in [0.05, 0.1) is 11.7 Å². The summed E-state index contributed by atoms with van der Waals surface area (Å²) in [4.78, 5) is 18.0. The zero-order valence-electron chi connectivity index (χ0n) is 15.5. The number of hydrogen-bond donors (Lipinski definition) is 1. The number of rotatable bonds is 6. The molecule has 1 saturated heterocycles. The lowest BCUT2D eigenvalue weighted by atomic mass is 10.1. The van der Waals surface area contributed by atoms with Crippen LogP contribution in [0, 0.1) is 0 Å². The summed E-state index contributed by atoms with van der Waals surface area (Å²) >= 11 is 0. The molecule has 0 saturated carbocycles. The number of fused-ring (bicyclic) bond motifs is 1. The molecule has 0 unspecified atom stereocenters. The van der Waals surface area contributed by atoms with Gasteiger partial charge in [-0.2, -0.15) is 0 Å². The molecule has 5 heteroatoms. The second kappa shape index (κ2) is 7.84. The SMILES string of the molecule is CN(Cc1cccc2[nH]ccc12)C(=O)c1ccccc1OC[C@H]1CCCO1. The van der Waals surface area contributed by atoms with Gasteiger partial charge in [-0.05, 0) is 42.7 Å². The molecule has 3 aromatic rings. The summed E-state index contributed by atoms with van der Waals surface area (Å²) < 4.78 is 11.5. The molecule has 4 rings (SSSR count). The van der Waals surface area contributed by atoms with Gasteiger partial charge in [-0.3, -0.25) is 4.79 Å². The first kappa shape index (κ1) is 17.6. The molecular formula is C22H24N2O3. The van der Waals surface area contributed by atoms with Gasteiger partial charge in [0.2, 0.25) is 0 Å². The van der Waals surface area contributed by atoms with Crippen LogP contribution in [-0.2, 0) is 11.3 Å². The fourth-order valence-electron chi connectivity index (χ4n) is 3.55. The van der Waals surface area contributed by atoms with Crippen molar-refractivity contribution in [2.24, 2.45) is 0 Å². The zero-order chi connectivity index (χ0) is 18.6. The maximum absolute atomic E-state index is 13.0. The van der Waals surface area contributed by atoms with Gasteiger partial charge in [0.1, 0.15) is 12.4 Å². The Hall–Kier alpha value is -2.79. The Morgan fingerprint density at radius 2 is 2.11 bits per heavy atom. The number of amides is 1. The summed E-state index contributed by atoms with van der Waals surface area (Å²) in [5, 5.41) is 1.14. The van der Waals surface area contributed by atoms with Gasteiger partial charge in [-0.15, -0.1) is 0 Å². The van der Waals surface area contributed by atoms with Crippen LogP contribution in [0.2, 0.25) is 0 Å². The minimum atomic E-state index is -0.0505. The highest BCUT2D eigenvalue weighted by molar-refractivity contribution is 5.97. The van der Waals surface area contributed by atoms with Crippen LogP contribution in [0.25, 0.3) is 10.9 Å². The number of carbonyl (C=O) groups excluding carboxylic acids is 1. The molecule has 2 aromatic carbocycles. The summed E-state index contributed by atoms with van der Waals surface area (Å²) in [6.45, 7) is 1.81. The molecule has 5 nitrogen and oxygen atoms in total. The maximum atomic E-state index is 13.0. The van der Waals surface area contributed by atoms with Gasteiger partial charge in [-0.25, -0.2) is 0 Å². The van der Waals surface area contributed by atoms with E-state index >= 15 is 0 Å². The summed E-state index contributed by atoms with van der Waals surface area (Å²) in [6, 6.07) is 15.6. The predicted octanol–water partition coefficient (Wildman–Crippen LogP) is 4.00. The number of benzene rings is 2. The number of aromatic nitrogens is 1. The van der Waals surface area contributed by atoms with Crippen molar-refractivity contribution in [2.75, 3.05) is 20.3 Å². The zero-order valence-corrected chi connectivity index (χ0v) is 15.5. The molecule has 1 aliphatic rings. The first-order chi connectivity index (χ1) is 13.2. The summed E-state index contributed by atoms with van der Waals surface area (Å²) in [7, 11) is 1.82. The minimum absolute atomic E-state index is 0.0505. The normalized spacial score (nSPS) is 16.6. The minimum Gasteiger partial charge on any atom is -0.490 e. The number of H-pyrrole nitrogens is 1. The quantitative estimate of drug-likeness (QED) is 0.719. The van der Waals surface area contributed by atoms with Crippen molar-refractivity contribution >= 4 is 16.8 Å². The second-order valence-electron chi connectivity index (χ2n) is 6.96. The highest BCUT2D eigenvalue weighted by Gasteiger charge is 2.20. The summed E-state index contributed by atoms with van der Waals surface area (Å²) in [6.07, 6.45) is 4.13. The molecule has 1 aliphatic heterocycles. The number of carbonyl (C=O) groups is 1. The van der Waals surface area contributed by atoms with Gasteiger partial charge < -0.3 is 19.4 Å². The van der Waals surface area contributed by atoms with E-state index in [1.807, 2.05) is 55.7 Å². The van der Waals surface area contributed by atoms with Gasteiger partial charge in [-0.1, -0.05) is 24.3 Å². The number of ether oxygens (including phenoxy) is 2.